The molecular formula is C15H21N5. The smallest absolute Gasteiger partial charge is 0.0971 e. The van der Waals surface area contributed by atoms with Crippen LogP contribution in [0.4, 0.5) is 0 Å². The molecule has 1 aromatic heterocycles. The second-order valence-corrected chi connectivity index (χ2v) is 5.17. The maximum absolute atomic E-state index is 4.56. The minimum absolute atomic E-state index is 0.893. The Bertz CT molecular complexity index is 528. The van der Waals surface area contributed by atoms with Gasteiger partial charge in [-0.15, -0.1) is 0 Å². The third kappa shape index (κ3) is 3.05. The summed E-state index contributed by atoms with van der Waals surface area (Å²) in [6.45, 7) is 8.81. The number of benzene rings is 1. The van der Waals surface area contributed by atoms with Gasteiger partial charge < -0.3 is 4.90 Å². The predicted octanol–water partition coefficient (Wildman–Crippen LogP) is 1.40. The first-order valence-electron chi connectivity index (χ1n) is 7.26. The number of para-hydroxylation sites is 1. The van der Waals surface area contributed by atoms with E-state index in [2.05, 4.69) is 26.9 Å². The number of piperazine rings is 1. The van der Waals surface area contributed by atoms with Crippen LogP contribution in [-0.2, 0) is 6.54 Å². The van der Waals surface area contributed by atoms with Crippen molar-refractivity contribution in [2.75, 3.05) is 32.7 Å². The van der Waals surface area contributed by atoms with Gasteiger partial charge in [0.2, 0.25) is 0 Å². The molecule has 1 aliphatic rings. The summed E-state index contributed by atoms with van der Waals surface area (Å²) in [5, 5.41) is 8.92. The Hall–Kier alpha value is -1.72. The summed E-state index contributed by atoms with van der Waals surface area (Å²) in [7, 11) is 0. The van der Waals surface area contributed by atoms with Crippen molar-refractivity contribution < 1.29 is 0 Å². The van der Waals surface area contributed by atoms with Gasteiger partial charge in [-0.3, -0.25) is 4.90 Å². The van der Waals surface area contributed by atoms with Gasteiger partial charge in [0.05, 0.1) is 17.6 Å². The van der Waals surface area contributed by atoms with Crippen LogP contribution in [0.2, 0.25) is 0 Å². The van der Waals surface area contributed by atoms with E-state index in [1.807, 2.05) is 36.5 Å². The van der Waals surface area contributed by atoms with Crippen LogP contribution in [0.25, 0.3) is 5.69 Å². The van der Waals surface area contributed by atoms with Crippen LogP contribution in [0, 0.1) is 0 Å². The van der Waals surface area contributed by atoms with Crippen LogP contribution in [0.15, 0.2) is 36.5 Å². The first-order valence-corrected chi connectivity index (χ1v) is 7.26. The third-order valence-electron chi connectivity index (χ3n) is 3.82. The average Bonchev–Trinajstić information content (AvgIpc) is 2.97. The van der Waals surface area contributed by atoms with Crippen molar-refractivity contribution in [3.05, 3.63) is 42.2 Å². The summed E-state index contributed by atoms with van der Waals surface area (Å²) in [6, 6.07) is 10.0. The minimum Gasteiger partial charge on any atom is -0.301 e. The number of hydrogen-bond donors (Lipinski definition) is 0. The summed E-state index contributed by atoms with van der Waals surface area (Å²) < 4.78 is 0. The highest BCUT2D eigenvalue weighted by atomic mass is 15.5. The van der Waals surface area contributed by atoms with Crippen LogP contribution in [-0.4, -0.2) is 57.5 Å². The van der Waals surface area contributed by atoms with Gasteiger partial charge in [-0.25, -0.2) is 0 Å². The molecule has 2 heterocycles. The molecule has 3 rings (SSSR count). The lowest BCUT2D eigenvalue weighted by atomic mass is 10.3. The quantitative estimate of drug-likeness (QED) is 0.842. The van der Waals surface area contributed by atoms with E-state index in [0.717, 1.165) is 50.6 Å². The molecule has 0 amide bonds. The zero-order valence-electron chi connectivity index (χ0n) is 11.9. The molecule has 1 aromatic carbocycles. The molecule has 2 aromatic rings. The summed E-state index contributed by atoms with van der Waals surface area (Å²) in [5.74, 6) is 0. The molecule has 0 N–H and O–H groups in total. The highest BCUT2D eigenvalue weighted by Crippen LogP contribution is 2.08. The molecule has 0 bridgehead atoms. The summed E-state index contributed by atoms with van der Waals surface area (Å²) in [4.78, 5) is 6.64. The summed E-state index contributed by atoms with van der Waals surface area (Å²) in [5.41, 5.74) is 2.05. The third-order valence-corrected chi connectivity index (χ3v) is 3.82. The van der Waals surface area contributed by atoms with Crippen LogP contribution >= 0.6 is 0 Å². The SMILES string of the molecule is CCN1CCN(Cc2cnn(-c3ccccc3)n2)CC1. The lowest BCUT2D eigenvalue weighted by Crippen LogP contribution is -2.45. The zero-order valence-corrected chi connectivity index (χ0v) is 11.9. The molecule has 0 spiro atoms. The fraction of sp³-hybridized carbons (Fsp3) is 0.467. The second-order valence-electron chi connectivity index (χ2n) is 5.17. The molecule has 0 saturated carbocycles. The fourth-order valence-corrected chi connectivity index (χ4v) is 2.55. The van der Waals surface area contributed by atoms with E-state index in [4.69, 9.17) is 0 Å². The highest BCUT2D eigenvalue weighted by Gasteiger charge is 2.16. The Morgan fingerprint density at radius 2 is 1.70 bits per heavy atom. The topological polar surface area (TPSA) is 37.2 Å². The summed E-state index contributed by atoms with van der Waals surface area (Å²) in [6.07, 6.45) is 1.87. The van der Waals surface area contributed by atoms with Gasteiger partial charge in [-0.05, 0) is 18.7 Å². The van der Waals surface area contributed by atoms with Crippen molar-refractivity contribution >= 4 is 0 Å². The van der Waals surface area contributed by atoms with Crippen molar-refractivity contribution in [3.8, 4) is 5.69 Å². The maximum atomic E-state index is 4.56. The molecule has 20 heavy (non-hydrogen) atoms. The highest BCUT2D eigenvalue weighted by molar-refractivity contribution is 5.28. The van der Waals surface area contributed by atoms with E-state index in [-0.39, 0.29) is 0 Å². The molecule has 5 heteroatoms. The standard InChI is InChI=1S/C15H21N5/c1-2-18-8-10-19(11-9-18)13-14-12-16-20(17-14)15-6-4-3-5-7-15/h3-7,12H,2,8-11,13H2,1H3. The molecule has 0 radical (unpaired) electrons. The largest absolute Gasteiger partial charge is 0.301 e. The van der Waals surface area contributed by atoms with Crippen LogP contribution in [0.3, 0.4) is 0 Å². The molecular weight excluding hydrogens is 250 g/mol. The van der Waals surface area contributed by atoms with E-state index < -0.39 is 0 Å². The van der Waals surface area contributed by atoms with E-state index in [9.17, 15) is 0 Å². The minimum atomic E-state index is 0.893. The Morgan fingerprint density at radius 1 is 1.00 bits per heavy atom. The molecule has 1 fully saturated rings. The average molecular weight is 271 g/mol. The van der Waals surface area contributed by atoms with Crippen molar-refractivity contribution in [2.24, 2.45) is 0 Å². The number of nitrogens with zero attached hydrogens (tertiary/aromatic N) is 5. The lowest BCUT2D eigenvalue weighted by Gasteiger charge is -2.33. The Kier molecular flexibility index (Phi) is 4.08. The van der Waals surface area contributed by atoms with Crippen molar-refractivity contribution in [2.45, 2.75) is 13.5 Å². The van der Waals surface area contributed by atoms with Gasteiger partial charge in [-0.2, -0.15) is 15.0 Å². The van der Waals surface area contributed by atoms with Crippen LogP contribution < -0.4 is 0 Å². The van der Waals surface area contributed by atoms with Gasteiger partial charge in [-0.1, -0.05) is 25.1 Å². The number of rotatable bonds is 4. The van der Waals surface area contributed by atoms with Crippen LogP contribution in [0.1, 0.15) is 12.6 Å². The van der Waals surface area contributed by atoms with Gasteiger partial charge in [0, 0.05) is 32.7 Å². The Morgan fingerprint density at radius 3 is 2.40 bits per heavy atom. The zero-order chi connectivity index (χ0) is 13.8. The normalized spacial score (nSPS) is 17.4. The van der Waals surface area contributed by atoms with Gasteiger partial charge >= 0.3 is 0 Å². The van der Waals surface area contributed by atoms with Crippen molar-refractivity contribution in [3.63, 3.8) is 0 Å². The molecule has 1 saturated heterocycles. The first kappa shape index (κ1) is 13.3. The van der Waals surface area contributed by atoms with Crippen LogP contribution in [0.5, 0.6) is 0 Å². The van der Waals surface area contributed by atoms with Gasteiger partial charge in [0.25, 0.3) is 0 Å². The second kappa shape index (κ2) is 6.15. The Balaban J connectivity index is 1.61. The van der Waals surface area contributed by atoms with E-state index in [1.165, 1.54) is 0 Å². The molecule has 5 nitrogen and oxygen atoms in total. The van der Waals surface area contributed by atoms with E-state index in [0.29, 0.717) is 0 Å². The van der Waals surface area contributed by atoms with Gasteiger partial charge in [0.1, 0.15) is 0 Å². The number of hydrogen-bond acceptors (Lipinski definition) is 4. The monoisotopic (exact) mass is 271 g/mol. The molecule has 0 aliphatic carbocycles. The van der Waals surface area contributed by atoms with Gasteiger partial charge in [0.15, 0.2) is 0 Å². The molecule has 0 atom stereocenters. The molecule has 106 valence electrons. The molecule has 1 aliphatic heterocycles. The number of aromatic nitrogens is 3. The summed E-state index contributed by atoms with van der Waals surface area (Å²) >= 11 is 0. The molecule has 0 unspecified atom stereocenters. The predicted molar refractivity (Wildman–Crippen MR) is 78.8 cm³/mol. The van der Waals surface area contributed by atoms with Crippen molar-refractivity contribution in [1.29, 1.82) is 0 Å². The van der Waals surface area contributed by atoms with E-state index in [1.54, 1.807) is 4.80 Å². The Labute approximate surface area is 119 Å². The lowest BCUT2D eigenvalue weighted by molar-refractivity contribution is 0.130. The first-order chi connectivity index (χ1) is 9.85. The fourth-order valence-electron chi connectivity index (χ4n) is 2.55. The van der Waals surface area contributed by atoms with Crippen molar-refractivity contribution in [1.82, 2.24) is 24.8 Å². The van der Waals surface area contributed by atoms with E-state index >= 15 is 0 Å². The maximum Gasteiger partial charge on any atom is 0.0971 e. The number of likely N-dealkylation sites (N-methyl/N-ethyl adjacent to an activating group) is 1.